The summed E-state index contributed by atoms with van der Waals surface area (Å²) in [6.07, 6.45) is 2.22. The Morgan fingerprint density at radius 1 is 1.08 bits per heavy atom. The van der Waals surface area contributed by atoms with E-state index in [1.165, 1.54) is 5.56 Å². The normalized spacial score (nSPS) is 10.6. The van der Waals surface area contributed by atoms with Crippen molar-refractivity contribution < 1.29 is 4.79 Å². The smallest absolute Gasteiger partial charge is 0.229 e. The van der Waals surface area contributed by atoms with Crippen molar-refractivity contribution in [2.45, 2.75) is 33.1 Å². The average Bonchev–Trinajstić information content (AvgIpc) is 3.06. The summed E-state index contributed by atoms with van der Waals surface area (Å²) in [7, 11) is 0. The van der Waals surface area contributed by atoms with E-state index in [4.69, 9.17) is 0 Å². The maximum Gasteiger partial charge on any atom is 0.229 e. The number of benzene rings is 1. The summed E-state index contributed by atoms with van der Waals surface area (Å²) in [5.41, 5.74) is 4.13. The van der Waals surface area contributed by atoms with Crippen LogP contribution in [-0.4, -0.2) is 15.9 Å². The predicted molar refractivity (Wildman–Crippen MR) is 102 cm³/mol. The van der Waals surface area contributed by atoms with Crippen LogP contribution in [0.1, 0.15) is 27.7 Å². The zero-order valence-corrected chi connectivity index (χ0v) is 15.3. The molecule has 0 fully saturated rings. The maximum absolute atomic E-state index is 12.0. The summed E-state index contributed by atoms with van der Waals surface area (Å²) in [6.45, 7) is 3.91. The van der Waals surface area contributed by atoms with Gasteiger partial charge in [0.15, 0.2) is 0 Å². The van der Waals surface area contributed by atoms with E-state index in [2.05, 4.69) is 27.4 Å². The molecule has 5 heteroatoms. The number of rotatable bonds is 6. The van der Waals surface area contributed by atoms with Gasteiger partial charge in [-0.3, -0.25) is 4.79 Å². The standard InChI is InChI=1S/C20H21N3OS/c1-14-12-18(22-15(2)21-14)10-7-16-5-8-17(9-6-16)23-20(24)13-19-4-3-11-25-19/h3-6,8-9,11-12H,7,10,13H2,1-2H3,(H,23,24). The van der Waals surface area contributed by atoms with Crippen LogP contribution in [0.2, 0.25) is 0 Å². The fourth-order valence-electron chi connectivity index (χ4n) is 2.73. The maximum atomic E-state index is 12.0. The van der Waals surface area contributed by atoms with Crippen molar-refractivity contribution in [3.05, 3.63) is 75.5 Å². The monoisotopic (exact) mass is 351 g/mol. The minimum Gasteiger partial charge on any atom is -0.326 e. The first-order valence-corrected chi connectivity index (χ1v) is 9.19. The molecule has 25 heavy (non-hydrogen) atoms. The van der Waals surface area contributed by atoms with Crippen molar-refractivity contribution >= 4 is 22.9 Å². The van der Waals surface area contributed by atoms with Crippen LogP contribution in [0, 0.1) is 13.8 Å². The molecular formula is C20H21N3OS. The van der Waals surface area contributed by atoms with Gasteiger partial charge < -0.3 is 5.32 Å². The van der Waals surface area contributed by atoms with Crippen molar-refractivity contribution in [1.29, 1.82) is 0 Å². The van der Waals surface area contributed by atoms with Gasteiger partial charge in [0.1, 0.15) is 5.82 Å². The molecule has 0 aliphatic carbocycles. The van der Waals surface area contributed by atoms with Gasteiger partial charge >= 0.3 is 0 Å². The zero-order valence-electron chi connectivity index (χ0n) is 14.5. The van der Waals surface area contributed by atoms with E-state index < -0.39 is 0 Å². The van der Waals surface area contributed by atoms with Gasteiger partial charge in [-0.1, -0.05) is 18.2 Å². The van der Waals surface area contributed by atoms with Gasteiger partial charge in [0.25, 0.3) is 0 Å². The Bertz CT molecular complexity index is 822. The minimum atomic E-state index is 0.0159. The van der Waals surface area contributed by atoms with E-state index in [9.17, 15) is 4.79 Å². The minimum absolute atomic E-state index is 0.0159. The molecule has 0 bridgehead atoms. The Morgan fingerprint density at radius 3 is 2.56 bits per heavy atom. The fraction of sp³-hybridized carbons (Fsp3) is 0.250. The molecule has 3 rings (SSSR count). The molecule has 1 aromatic carbocycles. The number of nitrogens with zero attached hydrogens (tertiary/aromatic N) is 2. The van der Waals surface area contributed by atoms with Crippen molar-refractivity contribution in [2.75, 3.05) is 5.32 Å². The van der Waals surface area contributed by atoms with Gasteiger partial charge in [-0.15, -0.1) is 11.3 Å². The van der Waals surface area contributed by atoms with Crippen molar-refractivity contribution in [1.82, 2.24) is 9.97 Å². The van der Waals surface area contributed by atoms with Gasteiger partial charge in [-0.25, -0.2) is 9.97 Å². The highest BCUT2D eigenvalue weighted by Crippen LogP contribution is 2.14. The first-order valence-electron chi connectivity index (χ1n) is 8.31. The summed E-state index contributed by atoms with van der Waals surface area (Å²) < 4.78 is 0. The van der Waals surface area contributed by atoms with E-state index in [-0.39, 0.29) is 5.91 Å². The van der Waals surface area contributed by atoms with E-state index in [1.54, 1.807) is 11.3 Å². The highest BCUT2D eigenvalue weighted by Gasteiger charge is 2.05. The van der Waals surface area contributed by atoms with Crippen molar-refractivity contribution in [2.24, 2.45) is 0 Å². The SMILES string of the molecule is Cc1cc(CCc2ccc(NC(=O)Cc3cccs3)cc2)nc(C)n1. The average molecular weight is 351 g/mol. The van der Waals surface area contributed by atoms with Crippen LogP contribution in [0.4, 0.5) is 5.69 Å². The lowest BCUT2D eigenvalue weighted by Gasteiger charge is -2.07. The first-order chi connectivity index (χ1) is 12.1. The number of nitrogens with one attached hydrogen (secondary N) is 1. The molecule has 1 N–H and O–H groups in total. The lowest BCUT2D eigenvalue weighted by Crippen LogP contribution is -2.13. The Balaban J connectivity index is 1.54. The summed E-state index contributed by atoms with van der Waals surface area (Å²) >= 11 is 1.60. The molecular weight excluding hydrogens is 330 g/mol. The van der Waals surface area contributed by atoms with Crippen LogP contribution in [0.5, 0.6) is 0 Å². The topological polar surface area (TPSA) is 54.9 Å². The Morgan fingerprint density at radius 2 is 1.88 bits per heavy atom. The molecule has 3 aromatic rings. The lowest BCUT2D eigenvalue weighted by atomic mass is 10.1. The molecule has 0 unspecified atom stereocenters. The third-order valence-corrected chi connectivity index (χ3v) is 4.72. The number of hydrogen-bond acceptors (Lipinski definition) is 4. The molecule has 0 saturated heterocycles. The van der Waals surface area contributed by atoms with E-state index in [0.29, 0.717) is 6.42 Å². The molecule has 0 spiro atoms. The number of thiophene rings is 1. The molecule has 1 amide bonds. The van der Waals surface area contributed by atoms with Crippen LogP contribution in [0.3, 0.4) is 0 Å². The van der Waals surface area contributed by atoms with E-state index in [1.807, 2.05) is 49.6 Å². The van der Waals surface area contributed by atoms with Crippen molar-refractivity contribution in [3.8, 4) is 0 Å². The fourth-order valence-corrected chi connectivity index (χ4v) is 3.43. The van der Waals surface area contributed by atoms with Gasteiger partial charge in [-0.05, 0) is 61.9 Å². The summed E-state index contributed by atoms with van der Waals surface area (Å²) in [5.74, 6) is 0.834. The first kappa shape index (κ1) is 17.3. The second-order valence-electron chi connectivity index (χ2n) is 6.05. The van der Waals surface area contributed by atoms with Gasteiger partial charge in [0.05, 0.1) is 6.42 Å². The number of carbonyl (C=O) groups excluding carboxylic acids is 1. The predicted octanol–water partition coefficient (Wildman–Crippen LogP) is 4.12. The van der Waals surface area contributed by atoms with Gasteiger partial charge in [0.2, 0.25) is 5.91 Å². The van der Waals surface area contributed by atoms with Gasteiger partial charge in [0, 0.05) is 22.0 Å². The Hall–Kier alpha value is -2.53. The van der Waals surface area contributed by atoms with Crippen LogP contribution in [0.25, 0.3) is 0 Å². The van der Waals surface area contributed by atoms with E-state index in [0.717, 1.165) is 40.6 Å². The van der Waals surface area contributed by atoms with E-state index >= 15 is 0 Å². The van der Waals surface area contributed by atoms with Crippen LogP contribution >= 0.6 is 11.3 Å². The number of aromatic nitrogens is 2. The highest BCUT2D eigenvalue weighted by molar-refractivity contribution is 7.10. The molecule has 0 radical (unpaired) electrons. The third-order valence-electron chi connectivity index (χ3n) is 3.84. The molecule has 0 saturated carbocycles. The second kappa shape index (κ2) is 8.03. The molecule has 0 atom stereocenters. The number of anilines is 1. The lowest BCUT2D eigenvalue weighted by molar-refractivity contribution is -0.115. The molecule has 2 heterocycles. The molecule has 4 nitrogen and oxygen atoms in total. The number of carbonyl (C=O) groups is 1. The third kappa shape index (κ3) is 5.22. The zero-order chi connectivity index (χ0) is 17.6. The van der Waals surface area contributed by atoms with Crippen molar-refractivity contribution in [3.63, 3.8) is 0 Å². The number of aryl methyl sites for hydroxylation is 4. The Kier molecular flexibility index (Phi) is 5.56. The molecule has 128 valence electrons. The molecule has 2 aromatic heterocycles. The molecule has 0 aliphatic rings. The van der Waals surface area contributed by atoms with Gasteiger partial charge in [-0.2, -0.15) is 0 Å². The highest BCUT2D eigenvalue weighted by atomic mass is 32.1. The summed E-state index contributed by atoms with van der Waals surface area (Å²) in [4.78, 5) is 21.9. The number of amides is 1. The number of hydrogen-bond donors (Lipinski definition) is 1. The Labute approximate surface area is 152 Å². The quantitative estimate of drug-likeness (QED) is 0.727. The van der Waals surface area contributed by atoms with Crippen LogP contribution < -0.4 is 5.32 Å². The second-order valence-corrected chi connectivity index (χ2v) is 7.08. The van der Waals surface area contributed by atoms with Crippen LogP contribution in [-0.2, 0) is 24.1 Å². The largest absolute Gasteiger partial charge is 0.326 e. The van der Waals surface area contributed by atoms with Crippen LogP contribution in [0.15, 0.2) is 47.8 Å². The summed E-state index contributed by atoms with van der Waals surface area (Å²) in [5, 5.41) is 4.93. The summed E-state index contributed by atoms with van der Waals surface area (Å²) in [6, 6.07) is 14.0. The molecule has 0 aliphatic heterocycles.